The van der Waals surface area contributed by atoms with Crippen molar-refractivity contribution in [2.75, 3.05) is 5.32 Å². The van der Waals surface area contributed by atoms with Crippen LogP contribution < -0.4 is 5.32 Å². The molecule has 24 heavy (non-hydrogen) atoms. The molecule has 0 atom stereocenters. The van der Waals surface area contributed by atoms with E-state index < -0.39 is 17.8 Å². The van der Waals surface area contributed by atoms with E-state index in [2.05, 4.69) is 15.3 Å². The van der Waals surface area contributed by atoms with Crippen molar-refractivity contribution in [1.29, 1.82) is 0 Å². The molecule has 0 aliphatic rings. The van der Waals surface area contributed by atoms with Gasteiger partial charge >= 0.3 is 6.18 Å². The van der Waals surface area contributed by atoms with Crippen LogP contribution in [-0.4, -0.2) is 15.9 Å². The number of hydrogen-bond acceptors (Lipinski definition) is 4. The molecule has 0 spiro atoms. The molecule has 3 rings (SSSR count). The van der Waals surface area contributed by atoms with E-state index in [0.29, 0.717) is 22.7 Å². The first-order chi connectivity index (χ1) is 11.2. The molecular weight excluding hydrogens is 323 g/mol. The standard InChI is InChI=1S/C16H12F3N3O2/c1-8-11(4-6-14(20-8)16(17,18)19)15(23)22-10-3-5-13-12(7-10)21-9(2)24-13/h3-7H,1-2H3,(H,22,23). The van der Waals surface area contributed by atoms with Crippen LogP contribution in [0.15, 0.2) is 34.7 Å². The molecule has 8 heteroatoms. The van der Waals surface area contributed by atoms with Crippen molar-refractivity contribution in [3.63, 3.8) is 0 Å². The summed E-state index contributed by atoms with van der Waals surface area (Å²) in [6.07, 6.45) is -4.55. The van der Waals surface area contributed by atoms with Crippen molar-refractivity contribution in [2.24, 2.45) is 0 Å². The van der Waals surface area contributed by atoms with Crippen LogP contribution in [0.25, 0.3) is 11.1 Å². The number of fused-ring (bicyclic) bond motifs is 1. The summed E-state index contributed by atoms with van der Waals surface area (Å²) in [6, 6.07) is 6.79. The summed E-state index contributed by atoms with van der Waals surface area (Å²) < 4.78 is 43.2. The number of nitrogens with one attached hydrogen (secondary N) is 1. The van der Waals surface area contributed by atoms with Crippen molar-refractivity contribution < 1.29 is 22.4 Å². The lowest BCUT2D eigenvalue weighted by molar-refractivity contribution is -0.141. The number of nitrogens with zero attached hydrogens (tertiary/aromatic N) is 2. The quantitative estimate of drug-likeness (QED) is 0.765. The Morgan fingerprint density at radius 3 is 2.54 bits per heavy atom. The summed E-state index contributed by atoms with van der Waals surface area (Å²) in [6.45, 7) is 3.06. The smallest absolute Gasteiger partial charge is 0.433 e. The fourth-order valence-electron chi connectivity index (χ4n) is 2.28. The molecule has 124 valence electrons. The number of alkyl halides is 3. The maximum absolute atomic E-state index is 12.6. The first-order valence-corrected chi connectivity index (χ1v) is 6.97. The Morgan fingerprint density at radius 2 is 1.88 bits per heavy atom. The second-order valence-electron chi connectivity index (χ2n) is 5.20. The van der Waals surface area contributed by atoms with Gasteiger partial charge in [0.25, 0.3) is 5.91 Å². The Morgan fingerprint density at radius 1 is 1.12 bits per heavy atom. The summed E-state index contributed by atoms with van der Waals surface area (Å²) in [5, 5.41) is 2.62. The van der Waals surface area contributed by atoms with Crippen molar-refractivity contribution in [2.45, 2.75) is 20.0 Å². The van der Waals surface area contributed by atoms with Crippen LogP contribution in [0.5, 0.6) is 0 Å². The predicted octanol–water partition coefficient (Wildman–Crippen LogP) is 4.11. The molecular formula is C16H12F3N3O2. The zero-order valence-electron chi connectivity index (χ0n) is 12.7. The minimum atomic E-state index is -4.55. The molecule has 0 saturated carbocycles. The number of aromatic nitrogens is 2. The first-order valence-electron chi connectivity index (χ1n) is 6.97. The molecule has 0 unspecified atom stereocenters. The van der Waals surface area contributed by atoms with Gasteiger partial charge in [0.15, 0.2) is 11.5 Å². The summed E-state index contributed by atoms with van der Waals surface area (Å²) in [4.78, 5) is 19.9. The summed E-state index contributed by atoms with van der Waals surface area (Å²) >= 11 is 0. The minimum absolute atomic E-state index is 0.000633. The largest absolute Gasteiger partial charge is 0.441 e. The highest BCUT2D eigenvalue weighted by atomic mass is 19.4. The number of carbonyl (C=O) groups is 1. The van der Waals surface area contributed by atoms with Gasteiger partial charge in [0.2, 0.25) is 0 Å². The van der Waals surface area contributed by atoms with Crippen LogP contribution >= 0.6 is 0 Å². The molecule has 0 aliphatic carbocycles. The van der Waals surface area contributed by atoms with E-state index in [1.54, 1.807) is 25.1 Å². The van der Waals surface area contributed by atoms with Crippen molar-refractivity contribution in [1.82, 2.24) is 9.97 Å². The second kappa shape index (κ2) is 5.63. The van der Waals surface area contributed by atoms with E-state index in [4.69, 9.17) is 4.42 Å². The van der Waals surface area contributed by atoms with Gasteiger partial charge in [-0.15, -0.1) is 0 Å². The zero-order chi connectivity index (χ0) is 17.5. The Kier molecular flexibility index (Phi) is 3.75. The monoisotopic (exact) mass is 335 g/mol. The topological polar surface area (TPSA) is 68.0 Å². The molecule has 3 aromatic rings. The normalized spacial score (nSPS) is 11.7. The highest BCUT2D eigenvalue weighted by molar-refractivity contribution is 6.05. The highest BCUT2D eigenvalue weighted by Crippen LogP contribution is 2.28. The number of hydrogen-bond donors (Lipinski definition) is 1. The van der Waals surface area contributed by atoms with Gasteiger partial charge in [0.1, 0.15) is 11.2 Å². The molecule has 0 saturated heterocycles. The van der Waals surface area contributed by atoms with Crippen molar-refractivity contribution >= 4 is 22.7 Å². The Bertz CT molecular complexity index is 932. The fourth-order valence-corrected chi connectivity index (χ4v) is 2.28. The molecule has 0 aliphatic heterocycles. The number of halogens is 3. The van der Waals surface area contributed by atoms with Crippen molar-refractivity contribution in [3.05, 3.63) is 53.2 Å². The van der Waals surface area contributed by atoms with Gasteiger partial charge in [-0.25, -0.2) is 9.97 Å². The fraction of sp³-hybridized carbons (Fsp3) is 0.188. The lowest BCUT2D eigenvalue weighted by atomic mass is 10.1. The van der Waals surface area contributed by atoms with E-state index in [1.807, 2.05) is 0 Å². The first kappa shape index (κ1) is 16.0. The zero-order valence-corrected chi connectivity index (χ0v) is 12.7. The van der Waals surface area contributed by atoms with E-state index >= 15 is 0 Å². The summed E-state index contributed by atoms with van der Waals surface area (Å²) in [7, 11) is 0. The summed E-state index contributed by atoms with van der Waals surface area (Å²) in [5.74, 6) is -0.0513. The third-order valence-electron chi connectivity index (χ3n) is 3.37. The predicted molar refractivity (Wildman–Crippen MR) is 80.7 cm³/mol. The lowest BCUT2D eigenvalue weighted by Gasteiger charge is -2.10. The van der Waals surface area contributed by atoms with Gasteiger partial charge < -0.3 is 9.73 Å². The Hall–Kier alpha value is -2.90. The molecule has 2 heterocycles. The molecule has 5 nitrogen and oxygen atoms in total. The lowest BCUT2D eigenvalue weighted by Crippen LogP contribution is -2.16. The van der Waals surface area contributed by atoms with Gasteiger partial charge in [0, 0.05) is 12.6 Å². The van der Waals surface area contributed by atoms with Crippen LogP contribution in [0, 0.1) is 13.8 Å². The Balaban J connectivity index is 1.85. The number of anilines is 1. The Labute approximate surface area is 134 Å². The average molecular weight is 335 g/mol. The number of carbonyl (C=O) groups excluding carboxylic acids is 1. The van der Waals surface area contributed by atoms with Gasteiger partial charge in [-0.2, -0.15) is 13.2 Å². The maximum atomic E-state index is 12.6. The highest BCUT2D eigenvalue weighted by Gasteiger charge is 2.33. The number of oxazole rings is 1. The molecule has 1 N–H and O–H groups in total. The van der Waals surface area contributed by atoms with Gasteiger partial charge in [-0.05, 0) is 37.3 Å². The second-order valence-corrected chi connectivity index (χ2v) is 5.20. The number of pyridine rings is 1. The molecule has 1 aromatic carbocycles. The maximum Gasteiger partial charge on any atom is 0.433 e. The van der Waals surface area contributed by atoms with Crippen LogP contribution in [-0.2, 0) is 6.18 Å². The third kappa shape index (κ3) is 3.08. The third-order valence-corrected chi connectivity index (χ3v) is 3.37. The molecule has 2 aromatic heterocycles. The number of benzene rings is 1. The van der Waals surface area contributed by atoms with E-state index in [0.717, 1.165) is 12.1 Å². The molecule has 1 amide bonds. The van der Waals surface area contributed by atoms with Crippen molar-refractivity contribution in [3.8, 4) is 0 Å². The van der Waals surface area contributed by atoms with Crippen LogP contribution in [0.2, 0.25) is 0 Å². The average Bonchev–Trinajstić information content (AvgIpc) is 2.85. The minimum Gasteiger partial charge on any atom is -0.441 e. The van der Waals surface area contributed by atoms with Gasteiger partial charge in [-0.1, -0.05) is 0 Å². The van der Waals surface area contributed by atoms with Gasteiger partial charge in [0.05, 0.1) is 11.3 Å². The van der Waals surface area contributed by atoms with E-state index in [9.17, 15) is 18.0 Å². The number of amides is 1. The SMILES string of the molecule is Cc1nc2cc(NC(=O)c3ccc(C(F)(F)F)nc3C)ccc2o1. The number of aryl methyl sites for hydroxylation is 2. The number of rotatable bonds is 2. The van der Waals surface area contributed by atoms with Crippen LogP contribution in [0.1, 0.15) is 27.6 Å². The molecule has 0 radical (unpaired) electrons. The van der Waals surface area contributed by atoms with Gasteiger partial charge in [-0.3, -0.25) is 4.79 Å². The van der Waals surface area contributed by atoms with E-state index in [-0.39, 0.29) is 11.3 Å². The molecule has 0 bridgehead atoms. The van der Waals surface area contributed by atoms with E-state index in [1.165, 1.54) is 6.92 Å². The molecule has 0 fully saturated rings. The van der Waals surface area contributed by atoms with Crippen LogP contribution in [0.4, 0.5) is 18.9 Å². The summed E-state index contributed by atoms with van der Waals surface area (Å²) in [5.41, 5.74) is 0.654. The van der Waals surface area contributed by atoms with Crippen LogP contribution in [0.3, 0.4) is 0 Å².